The molecule has 0 fully saturated rings. The summed E-state index contributed by atoms with van der Waals surface area (Å²) in [6.45, 7) is 0. The lowest BCUT2D eigenvalue weighted by molar-refractivity contribution is 0.420. The Kier molecular flexibility index (Phi) is 3.50. The lowest BCUT2D eigenvalue weighted by Gasteiger charge is -2.38. The summed E-state index contributed by atoms with van der Waals surface area (Å²) >= 11 is 9.78. The van der Waals surface area contributed by atoms with Gasteiger partial charge in [-0.3, -0.25) is 0 Å². The molecule has 3 atom stereocenters. The Bertz CT molecular complexity index is 774. The van der Waals surface area contributed by atoms with E-state index in [1.165, 1.54) is 6.07 Å². The van der Waals surface area contributed by atoms with Gasteiger partial charge >= 0.3 is 0 Å². The topological polar surface area (TPSA) is 12.0 Å². The summed E-state index contributed by atoms with van der Waals surface area (Å²) in [5.41, 5.74) is 2.66. The Labute approximate surface area is 142 Å². The van der Waals surface area contributed by atoms with E-state index in [-0.39, 0.29) is 17.8 Å². The predicted octanol–water partition coefficient (Wildman–Crippen LogP) is 6.07. The van der Waals surface area contributed by atoms with Gasteiger partial charge in [0.05, 0.1) is 11.7 Å². The Balaban J connectivity index is 1.86. The fourth-order valence-electron chi connectivity index (χ4n) is 3.66. The number of allylic oxidation sites excluding steroid dienone is 2. The van der Waals surface area contributed by atoms with Gasteiger partial charge < -0.3 is 5.32 Å². The zero-order valence-electron chi connectivity index (χ0n) is 11.7. The molecule has 1 nitrogen and oxygen atoms in total. The Hall–Kier alpha value is -1.32. The predicted molar refractivity (Wildman–Crippen MR) is 91.9 cm³/mol. The smallest absolute Gasteiger partial charge is 0.147 e. The van der Waals surface area contributed by atoms with E-state index in [2.05, 4.69) is 33.4 Å². The highest BCUT2D eigenvalue weighted by molar-refractivity contribution is 9.10. The van der Waals surface area contributed by atoms with Crippen LogP contribution in [-0.2, 0) is 0 Å². The first-order valence-corrected chi connectivity index (χ1v) is 8.49. The molecule has 112 valence electrons. The molecule has 2 aromatic carbocycles. The molecule has 4 heteroatoms. The van der Waals surface area contributed by atoms with Gasteiger partial charge in [-0.05, 0) is 41.7 Å². The molecule has 1 heterocycles. The maximum atomic E-state index is 14.4. The molecular weight excluding hydrogens is 365 g/mol. The van der Waals surface area contributed by atoms with Gasteiger partial charge in [-0.2, -0.15) is 0 Å². The van der Waals surface area contributed by atoms with E-state index in [0.29, 0.717) is 11.6 Å². The van der Waals surface area contributed by atoms with Gasteiger partial charge in [0.25, 0.3) is 0 Å². The number of rotatable bonds is 1. The average molecular weight is 379 g/mol. The highest BCUT2D eigenvalue weighted by atomic mass is 79.9. The molecule has 0 saturated heterocycles. The van der Waals surface area contributed by atoms with Crippen molar-refractivity contribution in [3.8, 4) is 0 Å². The number of nitrogens with one attached hydrogen (secondary N) is 1. The van der Waals surface area contributed by atoms with Crippen LogP contribution in [0.15, 0.2) is 53.0 Å². The minimum atomic E-state index is -0.222. The van der Waals surface area contributed by atoms with Crippen LogP contribution in [0, 0.1) is 11.7 Å². The van der Waals surface area contributed by atoms with Crippen LogP contribution >= 0.6 is 27.5 Å². The molecule has 0 saturated carbocycles. The average Bonchev–Trinajstić information content (AvgIpc) is 2.97. The van der Waals surface area contributed by atoms with Crippen LogP contribution in [0.2, 0.25) is 5.02 Å². The van der Waals surface area contributed by atoms with E-state index >= 15 is 0 Å². The summed E-state index contributed by atoms with van der Waals surface area (Å²) in [6.07, 6.45) is 5.36. The Morgan fingerprint density at radius 1 is 1.18 bits per heavy atom. The first-order valence-electron chi connectivity index (χ1n) is 7.31. The van der Waals surface area contributed by atoms with Gasteiger partial charge in [-0.1, -0.05) is 57.9 Å². The summed E-state index contributed by atoms with van der Waals surface area (Å²) in [6, 6.07) is 11.4. The van der Waals surface area contributed by atoms with Crippen LogP contribution in [0.25, 0.3) is 0 Å². The van der Waals surface area contributed by atoms with Crippen LogP contribution in [0.4, 0.5) is 10.1 Å². The molecule has 4 rings (SSSR count). The Morgan fingerprint density at radius 3 is 2.82 bits per heavy atom. The standard InChI is InChI=1S/C18H14BrClFN/c19-10-8-14-11-5-3-6-12(11)17(22-18(14)16(21)9-10)13-4-1-2-7-15(13)20/h1-5,7-9,11-12,17,22H,6H2/t11-,12-,17+/m1/s1. The molecule has 0 spiro atoms. The molecule has 0 bridgehead atoms. The molecule has 22 heavy (non-hydrogen) atoms. The van der Waals surface area contributed by atoms with E-state index in [1.807, 2.05) is 30.3 Å². The lowest BCUT2D eigenvalue weighted by atomic mass is 9.77. The van der Waals surface area contributed by atoms with Gasteiger partial charge in [0.1, 0.15) is 5.82 Å². The van der Waals surface area contributed by atoms with E-state index < -0.39 is 0 Å². The minimum absolute atomic E-state index is 0.0249. The second-order valence-electron chi connectivity index (χ2n) is 5.85. The second-order valence-corrected chi connectivity index (χ2v) is 7.17. The van der Waals surface area contributed by atoms with E-state index in [4.69, 9.17) is 11.6 Å². The molecular formula is C18H14BrClFN. The lowest BCUT2D eigenvalue weighted by Crippen LogP contribution is -2.30. The van der Waals surface area contributed by atoms with Gasteiger partial charge in [0, 0.05) is 15.4 Å². The third-order valence-corrected chi connectivity index (χ3v) is 5.43. The van der Waals surface area contributed by atoms with Crippen molar-refractivity contribution in [2.45, 2.75) is 18.4 Å². The van der Waals surface area contributed by atoms with Crippen molar-refractivity contribution in [1.82, 2.24) is 0 Å². The monoisotopic (exact) mass is 377 g/mol. The molecule has 2 aliphatic rings. The maximum absolute atomic E-state index is 14.4. The van der Waals surface area contributed by atoms with Crippen molar-refractivity contribution in [1.29, 1.82) is 0 Å². The summed E-state index contributed by atoms with van der Waals surface area (Å²) in [7, 11) is 0. The molecule has 1 aliphatic heterocycles. The molecule has 0 aromatic heterocycles. The number of hydrogen-bond donors (Lipinski definition) is 1. The molecule has 0 amide bonds. The van der Waals surface area contributed by atoms with Gasteiger partial charge in [-0.25, -0.2) is 4.39 Å². The Morgan fingerprint density at radius 2 is 2.00 bits per heavy atom. The first kappa shape index (κ1) is 14.3. The third-order valence-electron chi connectivity index (χ3n) is 4.63. The summed E-state index contributed by atoms with van der Waals surface area (Å²) in [5, 5.41) is 4.13. The zero-order chi connectivity index (χ0) is 15.3. The fraction of sp³-hybridized carbons (Fsp3) is 0.222. The SMILES string of the molecule is Fc1cc(Br)cc2c1N[C@H](c1ccccc1Cl)[C@@H]1CC=C[C@@H]21. The largest absolute Gasteiger partial charge is 0.375 e. The van der Waals surface area contributed by atoms with Crippen molar-refractivity contribution in [2.24, 2.45) is 5.92 Å². The van der Waals surface area contributed by atoms with Crippen LogP contribution in [0.1, 0.15) is 29.5 Å². The number of benzene rings is 2. The number of halogens is 3. The molecule has 0 radical (unpaired) electrons. The van der Waals surface area contributed by atoms with E-state index in [0.717, 1.165) is 27.0 Å². The van der Waals surface area contributed by atoms with Crippen molar-refractivity contribution < 1.29 is 4.39 Å². The fourth-order valence-corrected chi connectivity index (χ4v) is 4.36. The van der Waals surface area contributed by atoms with E-state index in [1.54, 1.807) is 0 Å². The minimum Gasteiger partial charge on any atom is -0.375 e. The van der Waals surface area contributed by atoms with Gasteiger partial charge in [-0.15, -0.1) is 0 Å². The number of anilines is 1. The maximum Gasteiger partial charge on any atom is 0.147 e. The van der Waals surface area contributed by atoms with Crippen molar-refractivity contribution in [3.63, 3.8) is 0 Å². The van der Waals surface area contributed by atoms with Crippen LogP contribution in [-0.4, -0.2) is 0 Å². The molecule has 1 aliphatic carbocycles. The van der Waals surface area contributed by atoms with Crippen LogP contribution < -0.4 is 5.32 Å². The third kappa shape index (κ3) is 2.19. The summed E-state index contributed by atoms with van der Waals surface area (Å²) < 4.78 is 15.2. The molecule has 2 aromatic rings. The van der Waals surface area contributed by atoms with Crippen LogP contribution in [0.3, 0.4) is 0 Å². The van der Waals surface area contributed by atoms with Crippen molar-refractivity contribution in [2.75, 3.05) is 5.32 Å². The normalized spacial score (nSPS) is 25.5. The first-order chi connectivity index (χ1) is 10.6. The van der Waals surface area contributed by atoms with Crippen LogP contribution in [0.5, 0.6) is 0 Å². The summed E-state index contributed by atoms with van der Waals surface area (Å²) in [5.74, 6) is 0.366. The highest BCUT2D eigenvalue weighted by Gasteiger charge is 2.39. The molecule has 0 unspecified atom stereocenters. The van der Waals surface area contributed by atoms with Crippen molar-refractivity contribution in [3.05, 3.63) is 75.0 Å². The number of fused-ring (bicyclic) bond motifs is 3. The zero-order valence-corrected chi connectivity index (χ0v) is 14.0. The van der Waals surface area contributed by atoms with Gasteiger partial charge in [0.2, 0.25) is 0 Å². The molecule has 1 N–H and O–H groups in total. The number of hydrogen-bond acceptors (Lipinski definition) is 1. The van der Waals surface area contributed by atoms with E-state index in [9.17, 15) is 4.39 Å². The van der Waals surface area contributed by atoms with Crippen molar-refractivity contribution >= 4 is 33.2 Å². The quantitative estimate of drug-likeness (QED) is 0.594. The second kappa shape index (κ2) is 5.39. The van der Waals surface area contributed by atoms with Gasteiger partial charge in [0.15, 0.2) is 0 Å². The highest BCUT2D eigenvalue weighted by Crippen LogP contribution is 2.51. The summed E-state index contributed by atoms with van der Waals surface area (Å²) in [4.78, 5) is 0.